The second kappa shape index (κ2) is 6.20. The fourth-order valence-corrected chi connectivity index (χ4v) is 1.58. The normalized spacial score (nSPS) is 11.3. The SMILES string of the molecule is FC(F)n1ccnc1CNCCCn1ccnn1. The first-order valence-corrected chi connectivity index (χ1v) is 5.62. The molecule has 0 spiro atoms. The molecule has 2 heterocycles. The van der Waals surface area contributed by atoms with Gasteiger partial charge in [0.1, 0.15) is 5.82 Å². The van der Waals surface area contributed by atoms with Crippen LogP contribution in [0.25, 0.3) is 0 Å². The minimum Gasteiger partial charge on any atom is -0.310 e. The Labute approximate surface area is 103 Å². The first kappa shape index (κ1) is 12.6. The van der Waals surface area contributed by atoms with Gasteiger partial charge in [-0.2, -0.15) is 8.78 Å². The highest BCUT2D eigenvalue weighted by atomic mass is 19.3. The van der Waals surface area contributed by atoms with Crippen molar-refractivity contribution in [2.24, 2.45) is 0 Å². The van der Waals surface area contributed by atoms with Gasteiger partial charge in [-0.3, -0.25) is 9.25 Å². The molecule has 0 saturated carbocycles. The third-order valence-electron chi connectivity index (χ3n) is 2.45. The summed E-state index contributed by atoms with van der Waals surface area (Å²) in [4.78, 5) is 3.88. The number of nitrogens with one attached hydrogen (secondary N) is 1. The van der Waals surface area contributed by atoms with Crippen LogP contribution in [-0.4, -0.2) is 31.1 Å². The number of alkyl halides is 2. The minimum atomic E-state index is -2.54. The number of aromatic nitrogens is 5. The van der Waals surface area contributed by atoms with Crippen LogP contribution in [0.3, 0.4) is 0 Å². The van der Waals surface area contributed by atoms with E-state index in [2.05, 4.69) is 20.6 Å². The zero-order chi connectivity index (χ0) is 12.8. The summed E-state index contributed by atoms with van der Waals surface area (Å²) in [5, 5.41) is 10.6. The molecule has 18 heavy (non-hydrogen) atoms. The van der Waals surface area contributed by atoms with E-state index in [0.717, 1.165) is 17.5 Å². The Morgan fingerprint density at radius 2 is 2.17 bits per heavy atom. The van der Waals surface area contributed by atoms with Gasteiger partial charge < -0.3 is 5.32 Å². The van der Waals surface area contributed by atoms with E-state index in [1.54, 1.807) is 17.1 Å². The Morgan fingerprint density at radius 1 is 1.28 bits per heavy atom. The van der Waals surface area contributed by atoms with Gasteiger partial charge in [0.2, 0.25) is 0 Å². The van der Waals surface area contributed by atoms with Crippen LogP contribution in [0.5, 0.6) is 0 Å². The molecule has 2 aromatic rings. The molecule has 0 amide bonds. The van der Waals surface area contributed by atoms with Crippen molar-refractivity contribution in [3.05, 3.63) is 30.6 Å². The number of hydrogen-bond donors (Lipinski definition) is 1. The molecule has 0 aliphatic carbocycles. The highest BCUT2D eigenvalue weighted by Crippen LogP contribution is 2.11. The zero-order valence-electron chi connectivity index (χ0n) is 9.71. The van der Waals surface area contributed by atoms with Gasteiger partial charge in [0, 0.05) is 25.1 Å². The number of aryl methyl sites for hydroxylation is 1. The van der Waals surface area contributed by atoms with Crippen molar-refractivity contribution >= 4 is 0 Å². The summed E-state index contributed by atoms with van der Waals surface area (Å²) in [5.74, 6) is 0.339. The summed E-state index contributed by atoms with van der Waals surface area (Å²) in [6.07, 6.45) is 6.89. The van der Waals surface area contributed by atoms with Crippen molar-refractivity contribution in [1.29, 1.82) is 0 Å². The van der Waals surface area contributed by atoms with E-state index in [1.165, 1.54) is 12.4 Å². The average Bonchev–Trinajstić information content (AvgIpc) is 2.98. The zero-order valence-corrected chi connectivity index (χ0v) is 9.71. The second-order valence-corrected chi connectivity index (χ2v) is 3.72. The highest BCUT2D eigenvalue weighted by molar-refractivity contribution is 4.92. The fraction of sp³-hybridized carbons (Fsp3) is 0.500. The average molecular weight is 256 g/mol. The lowest BCUT2D eigenvalue weighted by Crippen LogP contribution is -2.19. The van der Waals surface area contributed by atoms with E-state index < -0.39 is 6.55 Å². The van der Waals surface area contributed by atoms with Crippen LogP contribution in [0, 0.1) is 0 Å². The predicted molar refractivity (Wildman–Crippen MR) is 59.8 cm³/mol. The first-order valence-electron chi connectivity index (χ1n) is 5.62. The molecule has 0 aliphatic heterocycles. The molecule has 1 N–H and O–H groups in total. The van der Waals surface area contributed by atoms with Gasteiger partial charge in [0.15, 0.2) is 0 Å². The molecule has 6 nitrogen and oxygen atoms in total. The van der Waals surface area contributed by atoms with Crippen LogP contribution in [0.15, 0.2) is 24.8 Å². The van der Waals surface area contributed by atoms with Crippen molar-refractivity contribution in [2.45, 2.75) is 26.1 Å². The van der Waals surface area contributed by atoms with Crippen molar-refractivity contribution < 1.29 is 8.78 Å². The predicted octanol–water partition coefficient (Wildman–Crippen LogP) is 1.05. The molecule has 8 heteroatoms. The lowest BCUT2D eigenvalue weighted by molar-refractivity contribution is 0.0666. The molecule has 0 radical (unpaired) electrons. The van der Waals surface area contributed by atoms with Crippen molar-refractivity contribution in [3.63, 3.8) is 0 Å². The maximum Gasteiger partial charge on any atom is 0.319 e. The summed E-state index contributed by atoms with van der Waals surface area (Å²) < 4.78 is 27.6. The van der Waals surface area contributed by atoms with Crippen molar-refractivity contribution in [1.82, 2.24) is 29.9 Å². The van der Waals surface area contributed by atoms with E-state index in [4.69, 9.17) is 0 Å². The molecule has 0 atom stereocenters. The summed E-state index contributed by atoms with van der Waals surface area (Å²) in [6.45, 7) is -0.763. The monoisotopic (exact) mass is 256 g/mol. The number of rotatable bonds is 7. The van der Waals surface area contributed by atoms with Gasteiger partial charge in [-0.15, -0.1) is 5.10 Å². The van der Waals surface area contributed by atoms with Crippen LogP contribution in [0.1, 0.15) is 18.8 Å². The molecule has 0 saturated heterocycles. The maximum atomic E-state index is 12.5. The van der Waals surface area contributed by atoms with Gasteiger partial charge in [-0.1, -0.05) is 5.21 Å². The number of nitrogens with zero attached hydrogens (tertiary/aromatic N) is 5. The molecule has 0 fully saturated rings. The van der Waals surface area contributed by atoms with Gasteiger partial charge >= 0.3 is 6.55 Å². The molecule has 0 aliphatic rings. The molecular formula is C10H14F2N6. The maximum absolute atomic E-state index is 12.5. The van der Waals surface area contributed by atoms with E-state index in [9.17, 15) is 8.78 Å². The van der Waals surface area contributed by atoms with Crippen LogP contribution >= 0.6 is 0 Å². The van der Waals surface area contributed by atoms with E-state index in [1.807, 2.05) is 0 Å². The quantitative estimate of drug-likeness (QED) is 0.752. The van der Waals surface area contributed by atoms with Crippen LogP contribution in [0.4, 0.5) is 8.78 Å². The molecule has 2 rings (SSSR count). The Bertz CT molecular complexity index is 453. The molecule has 2 aromatic heterocycles. The van der Waals surface area contributed by atoms with Gasteiger partial charge in [0.05, 0.1) is 12.7 Å². The number of hydrogen-bond acceptors (Lipinski definition) is 4. The van der Waals surface area contributed by atoms with E-state index >= 15 is 0 Å². The van der Waals surface area contributed by atoms with Crippen LogP contribution < -0.4 is 5.32 Å². The highest BCUT2D eigenvalue weighted by Gasteiger charge is 2.10. The summed E-state index contributed by atoms with van der Waals surface area (Å²) in [7, 11) is 0. The molecule has 0 bridgehead atoms. The van der Waals surface area contributed by atoms with Gasteiger partial charge in [-0.25, -0.2) is 4.98 Å². The molecule has 98 valence electrons. The Kier molecular flexibility index (Phi) is 4.35. The lowest BCUT2D eigenvalue weighted by atomic mass is 10.4. The third kappa shape index (κ3) is 3.33. The van der Waals surface area contributed by atoms with Crippen LogP contribution in [-0.2, 0) is 13.1 Å². The van der Waals surface area contributed by atoms with Crippen LogP contribution in [0.2, 0.25) is 0 Å². The summed E-state index contributed by atoms with van der Waals surface area (Å²) in [5.41, 5.74) is 0. The minimum absolute atomic E-state index is 0.328. The Morgan fingerprint density at radius 3 is 2.89 bits per heavy atom. The first-order chi connectivity index (χ1) is 8.77. The number of halogens is 2. The Balaban J connectivity index is 1.67. The number of imidazole rings is 1. The van der Waals surface area contributed by atoms with Crippen molar-refractivity contribution in [2.75, 3.05) is 6.54 Å². The lowest BCUT2D eigenvalue weighted by Gasteiger charge is -2.07. The smallest absolute Gasteiger partial charge is 0.310 e. The standard InChI is InChI=1S/C10H14F2N6/c11-10(12)18-7-3-14-9(18)8-13-2-1-5-17-6-4-15-16-17/h3-4,6-7,10,13H,1-2,5,8H2. The van der Waals surface area contributed by atoms with Gasteiger partial charge in [-0.05, 0) is 13.0 Å². The summed E-state index contributed by atoms with van der Waals surface area (Å²) in [6, 6.07) is 0. The third-order valence-corrected chi connectivity index (χ3v) is 2.45. The van der Waals surface area contributed by atoms with Crippen molar-refractivity contribution in [3.8, 4) is 0 Å². The Hall–Kier alpha value is -1.83. The largest absolute Gasteiger partial charge is 0.319 e. The van der Waals surface area contributed by atoms with E-state index in [-0.39, 0.29) is 0 Å². The molecule has 0 aromatic carbocycles. The summed E-state index contributed by atoms with van der Waals surface area (Å²) >= 11 is 0. The fourth-order valence-electron chi connectivity index (χ4n) is 1.58. The van der Waals surface area contributed by atoms with Gasteiger partial charge in [0.25, 0.3) is 0 Å². The molecular weight excluding hydrogens is 242 g/mol. The second-order valence-electron chi connectivity index (χ2n) is 3.72. The van der Waals surface area contributed by atoms with E-state index in [0.29, 0.717) is 18.9 Å². The topological polar surface area (TPSA) is 60.6 Å². The molecule has 0 unspecified atom stereocenters.